The topological polar surface area (TPSA) is 30.0 Å². The van der Waals surface area contributed by atoms with Gasteiger partial charge >= 0.3 is 0 Å². The molecule has 0 atom stereocenters. The maximum absolute atomic E-state index is 12.4. The molecule has 1 aliphatic carbocycles. The maximum Gasteiger partial charge on any atom is 0.173 e. The highest BCUT2D eigenvalue weighted by molar-refractivity contribution is 8.00. The van der Waals surface area contributed by atoms with Gasteiger partial charge in [0.05, 0.1) is 5.75 Å². The van der Waals surface area contributed by atoms with Crippen molar-refractivity contribution in [1.29, 1.82) is 0 Å². The first-order chi connectivity index (χ1) is 9.34. The lowest BCUT2D eigenvalue weighted by atomic mass is 10.0. The summed E-state index contributed by atoms with van der Waals surface area (Å²) in [5.41, 5.74) is 0.838. The molecule has 0 saturated heterocycles. The number of Topliss-reactive ketones (excluding diaryl/α,β-unsaturated/α-hetero) is 1. The molecule has 1 fully saturated rings. The standard InChI is InChI=1S/C16H17NOS/c18-16(11-19-13-5-1-2-6-13)15-7-3-4-12-10-17-9-8-14(12)15/h3-4,7-10,13H,1-2,5-6,11H2. The highest BCUT2D eigenvalue weighted by atomic mass is 32.2. The van der Waals surface area contributed by atoms with Crippen molar-refractivity contribution in [2.75, 3.05) is 5.75 Å². The van der Waals surface area contributed by atoms with Gasteiger partial charge in [0.1, 0.15) is 0 Å². The summed E-state index contributed by atoms with van der Waals surface area (Å²) < 4.78 is 0. The van der Waals surface area contributed by atoms with Crippen molar-refractivity contribution in [2.45, 2.75) is 30.9 Å². The number of hydrogen-bond acceptors (Lipinski definition) is 3. The van der Waals surface area contributed by atoms with E-state index in [0.29, 0.717) is 11.0 Å². The Hall–Kier alpha value is -1.35. The number of carbonyl (C=O) groups is 1. The molecule has 98 valence electrons. The third-order valence-electron chi connectivity index (χ3n) is 3.73. The minimum absolute atomic E-state index is 0.244. The van der Waals surface area contributed by atoms with Crippen molar-refractivity contribution in [3.8, 4) is 0 Å². The zero-order chi connectivity index (χ0) is 13.1. The SMILES string of the molecule is O=C(CSC1CCCC1)c1cccc2cnccc12. The van der Waals surface area contributed by atoms with Gasteiger partial charge in [-0.15, -0.1) is 0 Å². The molecular formula is C16H17NOS. The normalized spacial score (nSPS) is 16.0. The number of nitrogens with zero attached hydrogens (tertiary/aromatic N) is 1. The summed E-state index contributed by atoms with van der Waals surface area (Å²) in [6.07, 6.45) is 8.77. The molecule has 0 N–H and O–H groups in total. The lowest BCUT2D eigenvalue weighted by Gasteiger charge is -2.09. The van der Waals surface area contributed by atoms with E-state index in [1.54, 1.807) is 6.20 Å². The van der Waals surface area contributed by atoms with Crippen LogP contribution in [0.25, 0.3) is 10.8 Å². The highest BCUT2D eigenvalue weighted by Crippen LogP contribution is 2.30. The molecule has 0 aliphatic heterocycles. The van der Waals surface area contributed by atoms with Gasteiger partial charge in [0.15, 0.2) is 5.78 Å². The van der Waals surface area contributed by atoms with Crippen molar-refractivity contribution in [1.82, 2.24) is 4.98 Å². The van der Waals surface area contributed by atoms with Gasteiger partial charge in [0, 0.05) is 28.6 Å². The monoisotopic (exact) mass is 271 g/mol. The van der Waals surface area contributed by atoms with Gasteiger partial charge in [0.25, 0.3) is 0 Å². The van der Waals surface area contributed by atoms with E-state index in [-0.39, 0.29) is 5.78 Å². The Morgan fingerprint density at radius 2 is 2.11 bits per heavy atom. The lowest BCUT2D eigenvalue weighted by molar-refractivity contribution is 0.102. The van der Waals surface area contributed by atoms with Crippen LogP contribution in [-0.2, 0) is 0 Å². The number of ketones is 1. The molecule has 1 aromatic carbocycles. The third-order valence-corrected chi connectivity index (χ3v) is 5.11. The number of carbonyl (C=O) groups excluding carboxylic acids is 1. The fourth-order valence-corrected chi connectivity index (χ4v) is 3.90. The molecule has 1 saturated carbocycles. The largest absolute Gasteiger partial charge is 0.293 e. The molecule has 0 radical (unpaired) electrons. The van der Waals surface area contributed by atoms with E-state index in [9.17, 15) is 4.79 Å². The van der Waals surface area contributed by atoms with Crippen molar-refractivity contribution >= 4 is 28.3 Å². The molecule has 2 nitrogen and oxygen atoms in total. The Morgan fingerprint density at radius 1 is 1.26 bits per heavy atom. The van der Waals surface area contributed by atoms with Gasteiger partial charge in [-0.25, -0.2) is 0 Å². The van der Waals surface area contributed by atoms with Crippen LogP contribution in [0, 0.1) is 0 Å². The number of pyridine rings is 1. The van der Waals surface area contributed by atoms with E-state index in [4.69, 9.17) is 0 Å². The van der Waals surface area contributed by atoms with Crippen LogP contribution in [-0.4, -0.2) is 21.8 Å². The van der Waals surface area contributed by atoms with Gasteiger partial charge in [-0.3, -0.25) is 9.78 Å². The van der Waals surface area contributed by atoms with Crippen LogP contribution in [0.15, 0.2) is 36.7 Å². The van der Waals surface area contributed by atoms with E-state index in [1.165, 1.54) is 25.7 Å². The highest BCUT2D eigenvalue weighted by Gasteiger charge is 2.18. The third kappa shape index (κ3) is 2.81. The van der Waals surface area contributed by atoms with Crippen LogP contribution in [0.4, 0.5) is 0 Å². The summed E-state index contributed by atoms with van der Waals surface area (Å²) in [7, 11) is 0. The predicted octanol–water partition coefficient (Wildman–Crippen LogP) is 4.09. The molecule has 3 heteroatoms. The minimum atomic E-state index is 0.244. The van der Waals surface area contributed by atoms with Crippen molar-refractivity contribution in [3.63, 3.8) is 0 Å². The molecule has 1 heterocycles. The molecule has 1 aliphatic rings. The number of rotatable bonds is 4. The first-order valence-electron chi connectivity index (χ1n) is 6.82. The van der Waals surface area contributed by atoms with Crippen LogP contribution in [0.3, 0.4) is 0 Å². The van der Waals surface area contributed by atoms with Crippen LogP contribution in [0.1, 0.15) is 36.0 Å². The van der Waals surface area contributed by atoms with E-state index in [1.807, 2.05) is 42.2 Å². The van der Waals surface area contributed by atoms with E-state index < -0.39 is 0 Å². The van der Waals surface area contributed by atoms with Crippen LogP contribution in [0.5, 0.6) is 0 Å². The van der Waals surface area contributed by atoms with Gasteiger partial charge in [0.2, 0.25) is 0 Å². The van der Waals surface area contributed by atoms with E-state index in [0.717, 1.165) is 16.3 Å². The molecular weight excluding hydrogens is 254 g/mol. The van der Waals surface area contributed by atoms with Gasteiger partial charge < -0.3 is 0 Å². The second kappa shape index (κ2) is 5.74. The summed E-state index contributed by atoms with van der Waals surface area (Å²) in [5, 5.41) is 2.76. The van der Waals surface area contributed by atoms with Gasteiger partial charge in [-0.05, 0) is 24.3 Å². The molecule has 0 bridgehead atoms. The predicted molar refractivity (Wildman–Crippen MR) is 80.8 cm³/mol. The first-order valence-corrected chi connectivity index (χ1v) is 7.87. The second-order valence-electron chi connectivity index (χ2n) is 5.04. The van der Waals surface area contributed by atoms with Crippen molar-refractivity contribution in [2.24, 2.45) is 0 Å². The van der Waals surface area contributed by atoms with Crippen molar-refractivity contribution in [3.05, 3.63) is 42.2 Å². The Morgan fingerprint density at radius 3 is 2.95 bits per heavy atom. The summed E-state index contributed by atoms with van der Waals surface area (Å²) in [6.45, 7) is 0. The maximum atomic E-state index is 12.4. The number of benzene rings is 1. The zero-order valence-corrected chi connectivity index (χ0v) is 11.7. The molecule has 2 aromatic rings. The first kappa shape index (κ1) is 12.7. The molecule has 0 amide bonds. The van der Waals surface area contributed by atoms with Crippen LogP contribution in [0.2, 0.25) is 0 Å². The Kier molecular flexibility index (Phi) is 3.83. The number of thioether (sulfide) groups is 1. The van der Waals surface area contributed by atoms with Gasteiger partial charge in [-0.2, -0.15) is 11.8 Å². The Labute approximate surface area is 117 Å². The van der Waals surface area contributed by atoms with Crippen LogP contribution >= 0.6 is 11.8 Å². The molecule has 0 spiro atoms. The smallest absolute Gasteiger partial charge is 0.173 e. The molecule has 19 heavy (non-hydrogen) atoms. The zero-order valence-electron chi connectivity index (χ0n) is 10.8. The summed E-state index contributed by atoms with van der Waals surface area (Å²) in [4.78, 5) is 16.5. The average molecular weight is 271 g/mol. The second-order valence-corrected chi connectivity index (χ2v) is 6.33. The summed E-state index contributed by atoms with van der Waals surface area (Å²) >= 11 is 1.83. The molecule has 0 unspecified atom stereocenters. The van der Waals surface area contributed by atoms with Crippen LogP contribution < -0.4 is 0 Å². The number of fused-ring (bicyclic) bond motifs is 1. The summed E-state index contributed by atoms with van der Waals surface area (Å²) in [6, 6.07) is 7.81. The Balaban J connectivity index is 1.77. The number of hydrogen-bond donors (Lipinski definition) is 0. The fraction of sp³-hybridized carbons (Fsp3) is 0.375. The molecule has 1 aromatic heterocycles. The Bertz CT molecular complexity index is 585. The number of aromatic nitrogens is 1. The van der Waals surface area contributed by atoms with E-state index >= 15 is 0 Å². The molecule has 3 rings (SSSR count). The van der Waals surface area contributed by atoms with Crippen molar-refractivity contribution < 1.29 is 4.79 Å². The van der Waals surface area contributed by atoms with Gasteiger partial charge in [-0.1, -0.05) is 31.0 Å². The summed E-state index contributed by atoms with van der Waals surface area (Å²) in [5.74, 6) is 0.847. The lowest BCUT2D eigenvalue weighted by Crippen LogP contribution is -2.07. The minimum Gasteiger partial charge on any atom is -0.293 e. The fourth-order valence-electron chi connectivity index (χ4n) is 2.69. The average Bonchev–Trinajstić information content (AvgIpc) is 2.97. The quantitative estimate of drug-likeness (QED) is 0.784. The van der Waals surface area contributed by atoms with E-state index in [2.05, 4.69) is 4.98 Å².